The summed E-state index contributed by atoms with van der Waals surface area (Å²) in [5.74, 6) is 0. The minimum Gasteiger partial charge on any atom is -0.252 e. The lowest BCUT2D eigenvalue weighted by Gasteiger charge is -2.01. The van der Waals surface area contributed by atoms with Crippen LogP contribution in [-0.2, 0) is 16.6 Å². The molecule has 0 aliphatic rings. The zero-order valence-electron chi connectivity index (χ0n) is 6.36. The highest BCUT2D eigenvalue weighted by molar-refractivity contribution is 7.89. The van der Waals surface area contributed by atoms with Crippen molar-refractivity contribution in [2.75, 3.05) is 0 Å². The molecule has 0 unspecified atom stereocenters. The maximum atomic E-state index is 10.9. The van der Waals surface area contributed by atoms with Gasteiger partial charge < -0.3 is 0 Å². The molecular formula is C5H8ClN3O2S. The van der Waals surface area contributed by atoms with Crippen LogP contribution >= 0.6 is 11.6 Å². The molecule has 0 bridgehead atoms. The Morgan fingerprint density at radius 1 is 1.75 bits per heavy atom. The van der Waals surface area contributed by atoms with Gasteiger partial charge in [-0.1, -0.05) is 11.6 Å². The highest BCUT2D eigenvalue weighted by atomic mass is 35.5. The second-order valence-electron chi connectivity index (χ2n) is 2.16. The largest absolute Gasteiger partial charge is 0.256 e. The SMILES string of the molecule is CCn1ncc(Cl)c1S(N)(=O)=O. The summed E-state index contributed by atoms with van der Waals surface area (Å²) in [6.07, 6.45) is 1.25. The van der Waals surface area contributed by atoms with Crippen LogP contribution in [0.15, 0.2) is 11.2 Å². The maximum absolute atomic E-state index is 10.9. The van der Waals surface area contributed by atoms with Crippen molar-refractivity contribution < 1.29 is 8.42 Å². The van der Waals surface area contributed by atoms with E-state index in [4.69, 9.17) is 16.7 Å². The van der Waals surface area contributed by atoms with Crippen molar-refractivity contribution in [2.45, 2.75) is 18.5 Å². The zero-order valence-corrected chi connectivity index (χ0v) is 7.93. The molecule has 0 aromatic carbocycles. The molecule has 68 valence electrons. The van der Waals surface area contributed by atoms with Gasteiger partial charge in [0, 0.05) is 6.54 Å². The van der Waals surface area contributed by atoms with E-state index in [0.717, 1.165) is 0 Å². The molecule has 0 fully saturated rings. The summed E-state index contributed by atoms with van der Waals surface area (Å²) in [6, 6.07) is 0. The number of rotatable bonds is 2. The Morgan fingerprint density at radius 2 is 2.33 bits per heavy atom. The third kappa shape index (κ3) is 1.60. The van der Waals surface area contributed by atoms with E-state index in [1.807, 2.05) is 0 Å². The van der Waals surface area contributed by atoms with Crippen molar-refractivity contribution in [1.82, 2.24) is 9.78 Å². The van der Waals surface area contributed by atoms with E-state index >= 15 is 0 Å². The Labute approximate surface area is 75.2 Å². The molecule has 1 aromatic rings. The predicted octanol–water partition coefficient (Wildman–Crippen LogP) is 0.204. The van der Waals surface area contributed by atoms with Crippen LogP contribution in [0.25, 0.3) is 0 Å². The molecule has 7 heteroatoms. The van der Waals surface area contributed by atoms with Crippen LogP contribution in [0.1, 0.15) is 6.92 Å². The fraction of sp³-hybridized carbons (Fsp3) is 0.400. The van der Waals surface area contributed by atoms with Crippen molar-refractivity contribution in [3.63, 3.8) is 0 Å². The van der Waals surface area contributed by atoms with E-state index < -0.39 is 10.0 Å². The fourth-order valence-electron chi connectivity index (χ4n) is 0.859. The first-order valence-corrected chi connectivity index (χ1v) is 5.13. The number of aromatic nitrogens is 2. The number of halogens is 1. The van der Waals surface area contributed by atoms with Gasteiger partial charge in [0.05, 0.1) is 11.2 Å². The van der Waals surface area contributed by atoms with Gasteiger partial charge >= 0.3 is 0 Å². The molecule has 0 aliphatic carbocycles. The molecule has 0 saturated heterocycles. The van der Waals surface area contributed by atoms with Crippen LogP contribution in [-0.4, -0.2) is 18.2 Å². The molecule has 0 radical (unpaired) electrons. The Balaban J connectivity index is 3.39. The Morgan fingerprint density at radius 3 is 2.67 bits per heavy atom. The second kappa shape index (κ2) is 3.04. The van der Waals surface area contributed by atoms with Gasteiger partial charge in [0.25, 0.3) is 10.0 Å². The molecule has 12 heavy (non-hydrogen) atoms. The Bertz CT molecular complexity index is 383. The van der Waals surface area contributed by atoms with Crippen LogP contribution in [0.2, 0.25) is 5.02 Å². The molecule has 0 saturated carbocycles. The van der Waals surface area contributed by atoms with Gasteiger partial charge in [0.1, 0.15) is 0 Å². The van der Waals surface area contributed by atoms with Gasteiger partial charge in [-0.3, -0.25) is 4.68 Å². The minimum atomic E-state index is -3.76. The Hall–Kier alpha value is -0.590. The van der Waals surface area contributed by atoms with Crippen LogP contribution < -0.4 is 5.14 Å². The summed E-state index contributed by atoms with van der Waals surface area (Å²) in [5.41, 5.74) is 0. The lowest BCUT2D eigenvalue weighted by molar-refractivity contribution is 0.555. The van der Waals surface area contributed by atoms with E-state index in [1.165, 1.54) is 10.9 Å². The number of hydrogen-bond donors (Lipinski definition) is 1. The molecule has 0 spiro atoms. The van der Waals surface area contributed by atoms with E-state index in [9.17, 15) is 8.42 Å². The van der Waals surface area contributed by atoms with Gasteiger partial charge in [-0.25, -0.2) is 13.6 Å². The monoisotopic (exact) mass is 209 g/mol. The van der Waals surface area contributed by atoms with Crippen LogP contribution in [0, 0.1) is 0 Å². The summed E-state index contributed by atoms with van der Waals surface area (Å²) >= 11 is 5.57. The Kier molecular flexibility index (Phi) is 2.41. The summed E-state index contributed by atoms with van der Waals surface area (Å²) < 4.78 is 23.1. The topological polar surface area (TPSA) is 78.0 Å². The molecule has 2 N–H and O–H groups in total. The van der Waals surface area contributed by atoms with Crippen LogP contribution in [0.4, 0.5) is 0 Å². The number of aryl methyl sites for hydroxylation is 1. The highest BCUT2D eigenvalue weighted by Gasteiger charge is 2.18. The van der Waals surface area contributed by atoms with Gasteiger partial charge in [-0.15, -0.1) is 0 Å². The molecular weight excluding hydrogens is 202 g/mol. The smallest absolute Gasteiger partial charge is 0.252 e. The van der Waals surface area contributed by atoms with Gasteiger partial charge in [0.15, 0.2) is 5.03 Å². The molecule has 0 aliphatic heterocycles. The van der Waals surface area contributed by atoms with Crippen molar-refractivity contribution in [3.05, 3.63) is 11.2 Å². The van der Waals surface area contributed by atoms with E-state index in [2.05, 4.69) is 5.10 Å². The standard InChI is InChI=1S/C5H8ClN3O2S/c1-2-9-5(12(7,10)11)4(6)3-8-9/h3H,2H2,1H3,(H2,7,10,11). The minimum absolute atomic E-state index is 0.0550. The number of nitrogens with two attached hydrogens (primary N) is 1. The zero-order chi connectivity index (χ0) is 9.35. The van der Waals surface area contributed by atoms with Crippen molar-refractivity contribution in [2.24, 2.45) is 5.14 Å². The summed E-state index contributed by atoms with van der Waals surface area (Å²) in [7, 11) is -3.76. The summed E-state index contributed by atoms with van der Waals surface area (Å²) in [5, 5.41) is 8.55. The lowest BCUT2D eigenvalue weighted by Crippen LogP contribution is -2.17. The maximum Gasteiger partial charge on any atom is 0.256 e. The first-order valence-electron chi connectivity index (χ1n) is 3.21. The highest BCUT2D eigenvalue weighted by Crippen LogP contribution is 2.18. The number of primary sulfonamides is 1. The molecule has 0 atom stereocenters. The average Bonchev–Trinajstić information content (AvgIpc) is 2.29. The van der Waals surface area contributed by atoms with Crippen molar-refractivity contribution in [3.8, 4) is 0 Å². The van der Waals surface area contributed by atoms with Crippen LogP contribution in [0.5, 0.6) is 0 Å². The summed E-state index contributed by atoms with van der Waals surface area (Å²) in [6.45, 7) is 2.16. The summed E-state index contributed by atoms with van der Waals surface area (Å²) in [4.78, 5) is 0. The van der Waals surface area contributed by atoms with Crippen molar-refractivity contribution >= 4 is 21.6 Å². The third-order valence-electron chi connectivity index (χ3n) is 1.32. The quantitative estimate of drug-likeness (QED) is 0.756. The molecule has 1 rings (SSSR count). The predicted molar refractivity (Wildman–Crippen MR) is 44.3 cm³/mol. The van der Waals surface area contributed by atoms with Gasteiger partial charge in [-0.05, 0) is 6.92 Å². The third-order valence-corrected chi connectivity index (χ3v) is 2.68. The number of hydrogen-bond acceptors (Lipinski definition) is 3. The fourth-order valence-corrected chi connectivity index (χ4v) is 2.12. The first kappa shape index (κ1) is 9.50. The first-order chi connectivity index (χ1) is 5.46. The number of nitrogens with zero attached hydrogens (tertiary/aromatic N) is 2. The molecule has 1 heterocycles. The van der Waals surface area contributed by atoms with Gasteiger partial charge in [0.2, 0.25) is 0 Å². The molecule has 5 nitrogen and oxygen atoms in total. The van der Waals surface area contributed by atoms with Gasteiger partial charge in [-0.2, -0.15) is 5.10 Å². The normalized spacial score (nSPS) is 11.9. The number of sulfonamides is 1. The van der Waals surface area contributed by atoms with Crippen molar-refractivity contribution in [1.29, 1.82) is 0 Å². The van der Waals surface area contributed by atoms with E-state index in [-0.39, 0.29) is 10.0 Å². The molecule has 0 amide bonds. The lowest BCUT2D eigenvalue weighted by atomic mass is 10.7. The second-order valence-corrected chi connectivity index (χ2v) is 4.04. The molecule has 1 aromatic heterocycles. The average molecular weight is 210 g/mol. The van der Waals surface area contributed by atoms with E-state index in [1.54, 1.807) is 6.92 Å². The van der Waals surface area contributed by atoms with Crippen LogP contribution in [0.3, 0.4) is 0 Å². The van der Waals surface area contributed by atoms with E-state index in [0.29, 0.717) is 6.54 Å².